The molecule has 3 N–H and O–H groups in total. The summed E-state index contributed by atoms with van der Waals surface area (Å²) in [5.74, 6) is 0. The summed E-state index contributed by atoms with van der Waals surface area (Å²) < 4.78 is 10.6. The lowest BCUT2D eigenvalue weighted by Gasteiger charge is -2.31. The van der Waals surface area contributed by atoms with Gasteiger partial charge in [-0.25, -0.2) is 0 Å². The third-order valence-corrected chi connectivity index (χ3v) is 3.82. The van der Waals surface area contributed by atoms with E-state index in [0.717, 1.165) is 25.2 Å². The van der Waals surface area contributed by atoms with E-state index in [1.165, 1.54) is 11.1 Å². The molecule has 1 aliphatic rings. The van der Waals surface area contributed by atoms with E-state index in [1.807, 2.05) is 19.1 Å². The summed E-state index contributed by atoms with van der Waals surface area (Å²) in [5, 5.41) is 10.1. The fourth-order valence-corrected chi connectivity index (χ4v) is 2.76. The maximum atomic E-state index is 10.1. The van der Waals surface area contributed by atoms with Crippen molar-refractivity contribution in [1.82, 2.24) is 4.90 Å². The fourth-order valence-electron chi connectivity index (χ4n) is 2.76. The van der Waals surface area contributed by atoms with E-state index in [4.69, 9.17) is 15.2 Å². The molecule has 1 aliphatic heterocycles. The summed E-state index contributed by atoms with van der Waals surface area (Å²) in [4.78, 5) is 2.25. The average molecular weight is 294 g/mol. The molecule has 0 aliphatic carbocycles. The first-order chi connectivity index (χ1) is 10.1. The van der Waals surface area contributed by atoms with E-state index in [2.05, 4.69) is 11.0 Å². The van der Waals surface area contributed by atoms with E-state index < -0.39 is 6.10 Å². The molecule has 5 heteroatoms. The second-order valence-electron chi connectivity index (χ2n) is 5.72. The minimum Gasteiger partial charge on any atom is -0.398 e. The lowest BCUT2D eigenvalue weighted by Crippen LogP contribution is -2.39. The SMILES string of the molecule is COCC(C)OCC(O)CN1CCc2c(N)cccc2C1. The molecule has 1 aromatic rings. The number of ether oxygens (including phenoxy) is 2. The van der Waals surface area contributed by atoms with Crippen molar-refractivity contribution in [1.29, 1.82) is 0 Å². The lowest BCUT2D eigenvalue weighted by atomic mass is 9.98. The normalized spacial score (nSPS) is 18.2. The zero-order chi connectivity index (χ0) is 15.2. The van der Waals surface area contributed by atoms with Crippen LogP contribution in [-0.2, 0) is 22.4 Å². The van der Waals surface area contributed by atoms with Gasteiger partial charge >= 0.3 is 0 Å². The first kappa shape index (κ1) is 16.2. The number of rotatable bonds is 7. The van der Waals surface area contributed by atoms with Gasteiger partial charge in [0.15, 0.2) is 0 Å². The maximum Gasteiger partial charge on any atom is 0.0900 e. The van der Waals surface area contributed by atoms with Crippen LogP contribution in [0.5, 0.6) is 0 Å². The van der Waals surface area contributed by atoms with Gasteiger partial charge in [0.05, 0.1) is 25.4 Å². The molecule has 0 spiro atoms. The van der Waals surface area contributed by atoms with E-state index in [0.29, 0.717) is 19.8 Å². The van der Waals surface area contributed by atoms with Crippen LogP contribution in [0.2, 0.25) is 0 Å². The molecule has 21 heavy (non-hydrogen) atoms. The molecule has 0 fully saturated rings. The summed E-state index contributed by atoms with van der Waals surface area (Å²) in [6, 6.07) is 6.05. The van der Waals surface area contributed by atoms with Crippen molar-refractivity contribution < 1.29 is 14.6 Å². The molecular weight excluding hydrogens is 268 g/mol. The molecule has 118 valence electrons. The molecule has 0 radical (unpaired) electrons. The monoisotopic (exact) mass is 294 g/mol. The number of hydrogen-bond acceptors (Lipinski definition) is 5. The highest BCUT2D eigenvalue weighted by Crippen LogP contribution is 2.24. The van der Waals surface area contributed by atoms with Gasteiger partial charge in [-0.2, -0.15) is 0 Å². The fraction of sp³-hybridized carbons (Fsp3) is 0.625. The van der Waals surface area contributed by atoms with Crippen LogP contribution in [0.25, 0.3) is 0 Å². The number of aliphatic hydroxyl groups excluding tert-OH is 1. The first-order valence-corrected chi connectivity index (χ1v) is 7.47. The summed E-state index contributed by atoms with van der Waals surface area (Å²) in [7, 11) is 1.65. The second-order valence-corrected chi connectivity index (χ2v) is 5.72. The Morgan fingerprint density at radius 1 is 1.38 bits per heavy atom. The summed E-state index contributed by atoms with van der Waals surface area (Å²) in [6.07, 6.45) is 0.466. The third kappa shape index (κ3) is 4.68. The minimum atomic E-state index is -0.480. The van der Waals surface area contributed by atoms with Crippen LogP contribution < -0.4 is 5.73 Å². The Bertz CT molecular complexity index is 453. The van der Waals surface area contributed by atoms with Gasteiger partial charge in [-0.05, 0) is 30.5 Å². The number of β-amino-alcohol motifs (C(OH)–C–C–N with tert-alkyl or cyclic N) is 1. The number of benzene rings is 1. The average Bonchev–Trinajstić information content (AvgIpc) is 2.46. The molecule has 1 heterocycles. The van der Waals surface area contributed by atoms with E-state index in [9.17, 15) is 5.11 Å². The molecule has 0 bridgehead atoms. The number of nitrogen functional groups attached to an aromatic ring is 1. The van der Waals surface area contributed by atoms with Crippen molar-refractivity contribution >= 4 is 5.69 Å². The molecule has 2 rings (SSSR count). The highest BCUT2D eigenvalue weighted by atomic mass is 16.5. The molecule has 0 aromatic heterocycles. The molecule has 2 atom stereocenters. The van der Waals surface area contributed by atoms with Crippen LogP contribution in [0.4, 0.5) is 5.69 Å². The van der Waals surface area contributed by atoms with Crippen molar-refractivity contribution in [2.45, 2.75) is 32.1 Å². The lowest BCUT2D eigenvalue weighted by molar-refractivity contribution is -0.0406. The van der Waals surface area contributed by atoms with Crippen molar-refractivity contribution in [3.05, 3.63) is 29.3 Å². The molecule has 1 aromatic carbocycles. The Labute approximate surface area is 126 Å². The van der Waals surface area contributed by atoms with Crippen molar-refractivity contribution in [3.63, 3.8) is 0 Å². The Balaban J connectivity index is 1.79. The van der Waals surface area contributed by atoms with Crippen LogP contribution in [-0.4, -0.2) is 55.6 Å². The number of fused-ring (bicyclic) bond motifs is 1. The van der Waals surface area contributed by atoms with Crippen LogP contribution >= 0.6 is 0 Å². The molecular formula is C16H26N2O3. The quantitative estimate of drug-likeness (QED) is 0.736. The van der Waals surface area contributed by atoms with Crippen LogP contribution in [0, 0.1) is 0 Å². The van der Waals surface area contributed by atoms with Gasteiger partial charge in [-0.3, -0.25) is 4.90 Å². The van der Waals surface area contributed by atoms with E-state index >= 15 is 0 Å². The maximum absolute atomic E-state index is 10.1. The molecule has 2 unspecified atom stereocenters. The van der Waals surface area contributed by atoms with Gasteiger partial charge in [0.25, 0.3) is 0 Å². The molecule has 0 saturated carbocycles. The predicted molar refractivity (Wildman–Crippen MR) is 83.1 cm³/mol. The molecule has 5 nitrogen and oxygen atoms in total. The number of nitrogens with two attached hydrogens (primary N) is 1. The number of methoxy groups -OCH3 is 1. The largest absolute Gasteiger partial charge is 0.398 e. The van der Waals surface area contributed by atoms with E-state index in [-0.39, 0.29) is 6.10 Å². The standard InChI is InChI=1S/C16H26N2O3/c1-12(10-20-2)21-11-14(19)9-18-7-6-15-13(8-18)4-3-5-16(15)17/h3-5,12,14,19H,6-11,17H2,1-2H3. The first-order valence-electron chi connectivity index (χ1n) is 7.47. The zero-order valence-electron chi connectivity index (χ0n) is 12.9. The van der Waals surface area contributed by atoms with Gasteiger partial charge in [0.1, 0.15) is 0 Å². The Hall–Kier alpha value is -1.14. The Kier molecular flexibility index (Phi) is 5.99. The van der Waals surface area contributed by atoms with Gasteiger partial charge in [0.2, 0.25) is 0 Å². The minimum absolute atomic E-state index is 0.00605. The summed E-state index contributed by atoms with van der Waals surface area (Å²) >= 11 is 0. The summed E-state index contributed by atoms with van der Waals surface area (Å²) in [6.45, 7) is 5.20. The van der Waals surface area contributed by atoms with Crippen LogP contribution in [0.3, 0.4) is 0 Å². The number of nitrogens with zero attached hydrogens (tertiary/aromatic N) is 1. The van der Waals surface area contributed by atoms with Crippen molar-refractivity contribution in [2.75, 3.05) is 39.1 Å². The van der Waals surface area contributed by atoms with Gasteiger partial charge in [-0.15, -0.1) is 0 Å². The summed E-state index contributed by atoms with van der Waals surface area (Å²) in [5.41, 5.74) is 9.40. The number of anilines is 1. The van der Waals surface area contributed by atoms with Crippen LogP contribution in [0.15, 0.2) is 18.2 Å². The second kappa shape index (κ2) is 7.75. The number of hydrogen-bond donors (Lipinski definition) is 2. The van der Waals surface area contributed by atoms with Crippen molar-refractivity contribution in [2.24, 2.45) is 0 Å². The smallest absolute Gasteiger partial charge is 0.0900 e. The van der Waals surface area contributed by atoms with Gasteiger partial charge < -0.3 is 20.3 Å². The zero-order valence-corrected chi connectivity index (χ0v) is 12.9. The van der Waals surface area contributed by atoms with Crippen LogP contribution in [0.1, 0.15) is 18.1 Å². The van der Waals surface area contributed by atoms with E-state index in [1.54, 1.807) is 7.11 Å². The Morgan fingerprint density at radius 2 is 2.19 bits per heavy atom. The third-order valence-electron chi connectivity index (χ3n) is 3.82. The highest BCUT2D eigenvalue weighted by Gasteiger charge is 2.20. The molecule has 0 amide bonds. The van der Waals surface area contributed by atoms with Gasteiger partial charge in [0, 0.05) is 32.4 Å². The topological polar surface area (TPSA) is 68.0 Å². The number of aliphatic hydroxyl groups is 1. The van der Waals surface area contributed by atoms with Crippen molar-refractivity contribution in [3.8, 4) is 0 Å². The predicted octanol–water partition coefficient (Wildman–Crippen LogP) is 1.04. The Morgan fingerprint density at radius 3 is 2.95 bits per heavy atom. The van der Waals surface area contributed by atoms with Gasteiger partial charge in [-0.1, -0.05) is 12.1 Å². The molecule has 0 saturated heterocycles. The highest BCUT2D eigenvalue weighted by molar-refractivity contribution is 5.51.